The van der Waals surface area contributed by atoms with Crippen molar-refractivity contribution in [2.45, 2.75) is 38.5 Å². The molecule has 0 bridgehead atoms. The third-order valence-corrected chi connectivity index (χ3v) is 2.72. The lowest BCUT2D eigenvalue weighted by Gasteiger charge is -2.13. The van der Waals surface area contributed by atoms with E-state index in [2.05, 4.69) is 24.4 Å². The first kappa shape index (κ1) is 12.4. The fraction of sp³-hybridized carbons (Fsp3) is 0.538. The van der Waals surface area contributed by atoms with Crippen LogP contribution in [-0.4, -0.2) is 6.54 Å². The molecule has 0 spiro atoms. The Morgan fingerprint density at radius 3 is 2.67 bits per heavy atom. The zero-order chi connectivity index (χ0) is 11.1. The summed E-state index contributed by atoms with van der Waals surface area (Å²) in [7, 11) is 0. The van der Waals surface area contributed by atoms with Crippen molar-refractivity contribution >= 4 is 17.3 Å². The molecule has 1 atom stereocenters. The molecule has 1 rings (SSSR count). The second-order valence-electron chi connectivity index (χ2n) is 3.84. The van der Waals surface area contributed by atoms with Gasteiger partial charge in [0.25, 0.3) is 0 Å². The van der Waals surface area contributed by atoms with Gasteiger partial charge in [-0.25, -0.2) is 0 Å². The number of nitrogens with one attached hydrogen (secondary N) is 1. The van der Waals surface area contributed by atoms with E-state index < -0.39 is 0 Å². The fourth-order valence-corrected chi connectivity index (χ4v) is 1.79. The van der Waals surface area contributed by atoms with Gasteiger partial charge in [-0.1, -0.05) is 38.0 Å². The summed E-state index contributed by atoms with van der Waals surface area (Å²) in [5, 5.41) is 3.51. The molecule has 1 N–H and O–H groups in total. The van der Waals surface area contributed by atoms with E-state index in [4.69, 9.17) is 11.6 Å². The first-order valence-corrected chi connectivity index (χ1v) is 6.16. The highest BCUT2D eigenvalue weighted by Gasteiger charge is 2.05. The van der Waals surface area contributed by atoms with Gasteiger partial charge in [-0.3, -0.25) is 0 Å². The molecule has 0 aromatic heterocycles. The molecule has 1 unspecified atom stereocenters. The van der Waals surface area contributed by atoms with Crippen LogP contribution >= 0.6 is 11.6 Å². The van der Waals surface area contributed by atoms with E-state index in [1.807, 2.05) is 19.1 Å². The van der Waals surface area contributed by atoms with Crippen molar-refractivity contribution in [1.82, 2.24) is 0 Å². The second-order valence-corrected chi connectivity index (χ2v) is 4.49. The van der Waals surface area contributed by atoms with Crippen LogP contribution in [0.15, 0.2) is 24.3 Å². The second kappa shape index (κ2) is 6.73. The van der Waals surface area contributed by atoms with Crippen molar-refractivity contribution in [1.29, 1.82) is 0 Å². The van der Waals surface area contributed by atoms with Gasteiger partial charge in [0.2, 0.25) is 0 Å². The Balaban J connectivity index is 2.52. The summed E-state index contributed by atoms with van der Waals surface area (Å²) in [5.41, 5.74) is 2.37. The topological polar surface area (TPSA) is 12.0 Å². The summed E-state index contributed by atoms with van der Waals surface area (Å²) in [6, 6.07) is 8.26. The number of benzene rings is 1. The maximum atomic E-state index is 6.11. The van der Waals surface area contributed by atoms with Crippen LogP contribution in [0.4, 0.5) is 5.69 Å². The lowest BCUT2D eigenvalue weighted by molar-refractivity contribution is 0.743. The molecular weight excluding hydrogens is 206 g/mol. The van der Waals surface area contributed by atoms with Gasteiger partial charge >= 0.3 is 0 Å². The average Bonchev–Trinajstić information content (AvgIpc) is 2.25. The highest BCUT2D eigenvalue weighted by Crippen LogP contribution is 2.26. The number of hydrogen-bond donors (Lipinski definition) is 1. The summed E-state index contributed by atoms with van der Waals surface area (Å²) in [6.07, 6.45) is 3.77. The van der Waals surface area contributed by atoms with E-state index in [1.165, 1.54) is 30.5 Å². The van der Waals surface area contributed by atoms with Crippen molar-refractivity contribution in [2.24, 2.45) is 0 Å². The molecule has 0 aliphatic rings. The molecule has 2 heteroatoms. The molecule has 15 heavy (non-hydrogen) atoms. The largest absolute Gasteiger partial charge is 0.385 e. The minimum atomic E-state index is 0.0693. The van der Waals surface area contributed by atoms with Crippen LogP contribution in [-0.2, 0) is 0 Å². The molecule has 1 nitrogen and oxygen atoms in total. The quantitative estimate of drug-likeness (QED) is 0.552. The van der Waals surface area contributed by atoms with E-state index in [-0.39, 0.29) is 5.38 Å². The Kier molecular flexibility index (Phi) is 5.56. The monoisotopic (exact) mass is 225 g/mol. The first-order chi connectivity index (χ1) is 7.25. The van der Waals surface area contributed by atoms with Crippen molar-refractivity contribution in [2.75, 3.05) is 11.9 Å². The maximum Gasteiger partial charge on any atom is 0.0577 e. The van der Waals surface area contributed by atoms with Gasteiger partial charge in [-0.15, -0.1) is 11.6 Å². The number of halogens is 1. The summed E-state index contributed by atoms with van der Waals surface area (Å²) < 4.78 is 0. The minimum absolute atomic E-state index is 0.0693. The normalized spacial score (nSPS) is 12.5. The SMILES string of the molecule is CCCCCNc1ccccc1C(C)Cl. The molecule has 0 aliphatic carbocycles. The first-order valence-electron chi connectivity index (χ1n) is 5.72. The van der Waals surface area contributed by atoms with Crippen molar-refractivity contribution < 1.29 is 0 Å². The Bertz CT molecular complexity index is 284. The maximum absolute atomic E-state index is 6.11. The Morgan fingerprint density at radius 1 is 1.27 bits per heavy atom. The lowest BCUT2D eigenvalue weighted by Crippen LogP contribution is -2.04. The number of alkyl halides is 1. The van der Waals surface area contributed by atoms with Gasteiger partial charge in [-0.05, 0) is 25.0 Å². The molecule has 0 fully saturated rings. The zero-order valence-electron chi connectivity index (χ0n) is 9.59. The van der Waals surface area contributed by atoms with E-state index in [0.29, 0.717) is 0 Å². The number of para-hydroxylation sites is 1. The predicted molar refractivity (Wildman–Crippen MR) is 68.7 cm³/mol. The molecule has 0 amide bonds. The van der Waals surface area contributed by atoms with Crippen molar-refractivity contribution in [3.05, 3.63) is 29.8 Å². The molecule has 0 saturated carbocycles. The molecule has 0 saturated heterocycles. The van der Waals surface area contributed by atoms with Crippen molar-refractivity contribution in [3.8, 4) is 0 Å². The number of anilines is 1. The standard InChI is InChI=1S/C13H20ClN/c1-3-4-7-10-15-13-9-6-5-8-12(13)11(2)14/h5-6,8-9,11,15H,3-4,7,10H2,1-2H3. The van der Waals surface area contributed by atoms with E-state index in [9.17, 15) is 0 Å². The van der Waals surface area contributed by atoms with Crippen LogP contribution in [0, 0.1) is 0 Å². The zero-order valence-corrected chi connectivity index (χ0v) is 10.3. The van der Waals surface area contributed by atoms with Gasteiger partial charge < -0.3 is 5.32 Å². The Hall–Kier alpha value is -0.690. The number of rotatable bonds is 6. The average molecular weight is 226 g/mol. The third-order valence-electron chi connectivity index (χ3n) is 2.49. The number of unbranched alkanes of at least 4 members (excludes halogenated alkanes) is 2. The van der Waals surface area contributed by atoms with Gasteiger partial charge in [0.05, 0.1) is 5.38 Å². The van der Waals surface area contributed by atoms with Gasteiger partial charge in [0.1, 0.15) is 0 Å². The highest BCUT2D eigenvalue weighted by molar-refractivity contribution is 6.21. The van der Waals surface area contributed by atoms with E-state index in [0.717, 1.165) is 6.54 Å². The molecule has 84 valence electrons. The molecule has 0 radical (unpaired) electrons. The van der Waals surface area contributed by atoms with Crippen LogP contribution in [0.1, 0.15) is 44.1 Å². The van der Waals surface area contributed by atoms with Crippen molar-refractivity contribution in [3.63, 3.8) is 0 Å². The highest BCUT2D eigenvalue weighted by atomic mass is 35.5. The van der Waals surface area contributed by atoms with Crippen LogP contribution in [0.25, 0.3) is 0 Å². The molecule has 1 aromatic rings. The van der Waals surface area contributed by atoms with Crippen LogP contribution in [0.5, 0.6) is 0 Å². The minimum Gasteiger partial charge on any atom is -0.385 e. The molecule has 0 heterocycles. The molecular formula is C13H20ClN. The van der Waals surface area contributed by atoms with E-state index >= 15 is 0 Å². The summed E-state index contributed by atoms with van der Waals surface area (Å²) in [6.45, 7) is 5.26. The van der Waals surface area contributed by atoms with E-state index in [1.54, 1.807) is 0 Å². The Labute approximate surface area is 97.8 Å². The van der Waals surface area contributed by atoms with Crippen LogP contribution in [0.3, 0.4) is 0 Å². The summed E-state index contributed by atoms with van der Waals surface area (Å²) in [5.74, 6) is 0. The van der Waals surface area contributed by atoms with Gasteiger partial charge in [0.15, 0.2) is 0 Å². The predicted octanol–water partition coefficient (Wildman–Crippen LogP) is 4.59. The third kappa shape index (κ3) is 4.13. The van der Waals surface area contributed by atoms with Gasteiger partial charge in [0, 0.05) is 12.2 Å². The molecule has 0 aliphatic heterocycles. The van der Waals surface area contributed by atoms with Crippen LogP contribution in [0.2, 0.25) is 0 Å². The fourth-order valence-electron chi connectivity index (χ4n) is 1.60. The lowest BCUT2D eigenvalue weighted by atomic mass is 10.1. The summed E-state index contributed by atoms with van der Waals surface area (Å²) >= 11 is 6.11. The summed E-state index contributed by atoms with van der Waals surface area (Å²) in [4.78, 5) is 0. The number of hydrogen-bond acceptors (Lipinski definition) is 1. The smallest absolute Gasteiger partial charge is 0.0577 e. The van der Waals surface area contributed by atoms with Gasteiger partial charge in [-0.2, -0.15) is 0 Å². The molecule has 1 aromatic carbocycles. The van der Waals surface area contributed by atoms with Crippen LogP contribution < -0.4 is 5.32 Å². The Morgan fingerprint density at radius 2 is 2.00 bits per heavy atom.